The van der Waals surface area contributed by atoms with Gasteiger partial charge in [-0.25, -0.2) is 4.52 Å². The van der Waals surface area contributed by atoms with E-state index in [1.54, 1.807) is 34.0 Å². The second-order valence-corrected chi connectivity index (χ2v) is 4.63. The molecule has 0 aromatic carbocycles. The van der Waals surface area contributed by atoms with Crippen molar-refractivity contribution in [1.29, 1.82) is 0 Å². The van der Waals surface area contributed by atoms with Crippen LogP contribution in [0.15, 0.2) is 30.9 Å². The lowest BCUT2D eigenvalue weighted by molar-refractivity contribution is 0.177. The summed E-state index contributed by atoms with van der Waals surface area (Å²) in [4.78, 5) is 4.07. The molecule has 0 aliphatic rings. The number of fused-ring (bicyclic) bond motifs is 1. The van der Waals surface area contributed by atoms with Gasteiger partial charge >= 0.3 is 0 Å². The Morgan fingerprint density at radius 2 is 2.21 bits per heavy atom. The molecule has 0 saturated heterocycles. The van der Waals surface area contributed by atoms with E-state index < -0.39 is 6.10 Å². The molecule has 19 heavy (non-hydrogen) atoms. The third-order valence-electron chi connectivity index (χ3n) is 3.21. The van der Waals surface area contributed by atoms with E-state index in [1.807, 2.05) is 20.0 Å². The first-order valence-corrected chi connectivity index (χ1v) is 6.10. The third kappa shape index (κ3) is 2.10. The second kappa shape index (κ2) is 4.47. The van der Waals surface area contributed by atoms with E-state index in [9.17, 15) is 5.11 Å². The number of nitrogens with zero attached hydrogens (tertiary/aromatic N) is 5. The van der Waals surface area contributed by atoms with Crippen LogP contribution < -0.4 is 0 Å². The standard InChI is InChI=1S/C13H15N5O/c1-9-5-10(17(2)16-9)6-13(19)11-7-15-18-4-3-14-8-12(11)18/h3-5,7-8,13,19H,6H2,1-2H3. The highest BCUT2D eigenvalue weighted by molar-refractivity contribution is 5.52. The first-order valence-electron chi connectivity index (χ1n) is 6.10. The molecule has 3 aromatic heterocycles. The second-order valence-electron chi connectivity index (χ2n) is 4.63. The number of hydrogen-bond donors (Lipinski definition) is 1. The monoisotopic (exact) mass is 257 g/mol. The lowest BCUT2D eigenvalue weighted by Crippen LogP contribution is -2.06. The van der Waals surface area contributed by atoms with Crippen molar-refractivity contribution < 1.29 is 5.11 Å². The molecule has 3 rings (SSSR count). The predicted molar refractivity (Wildman–Crippen MR) is 69.6 cm³/mol. The molecule has 0 aliphatic carbocycles. The molecule has 3 heterocycles. The minimum absolute atomic E-state index is 0.508. The van der Waals surface area contributed by atoms with Crippen molar-refractivity contribution in [1.82, 2.24) is 24.4 Å². The summed E-state index contributed by atoms with van der Waals surface area (Å²) in [7, 11) is 1.88. The molecular weight excluding hydrogens is 242 g/mol. The number of aliphatic hydroxyl groups excluding tert-OH is 1. The fourth-order valence-electron chi connectivity index (χ4n) is 2.27. The topological polar surface area (TPSA) is 68.2 Å². The van der Waals surface area contributed by atoms with Crippen LogP contribution >= 0.6 is 0 Å². The summed E-state index contributed by atoms with van der Waals surface area (Å²) in [6, 6.07) is 1.98. The van der Waals surface area contributed by atoms with Crippen LogP contribution in [0.3, 0.4) is 0 Å². The highest BCUT2D eigenvalue weighted by Crippen LogP contribution is 2.22. The normalized spacial score (nSPS) is 13.0. The fraction of sp³-hybridized carbons (Fsp3) is 0.308. The summed E-state index contributed by atoms with van der Waals surface area (Å²) >= 11 is 0. The summed E-state index contributed by atoms with van der Waals surface area (Å²) < 4.78 is 3.50. The van der Waals surface area contributed by atoms with Crippen molar-refractivity contribution in [2.45, 2.75) is 19.4 Å². The summed E-state index contributed by atoms with van der Waals surface area (Å²) in [6.45, 7) is 1.94. The summed E-state index contributed by atoms with van der Waals surface area (Å²) in [6.07, 6.45) is 6.72. The highest BCUT2D eigenvalue weighted by atomic mass is 16.3. The van der Waals surface area contributed by atoms with Crippen LogP contribution in [0.5, 0.6) is 0 Å². The lowest BCUT2D eigenvalue weighted by Gasteiger charge is -2.09. The van der Waals surface area contributed by atoms with Gasteiger partial charge in [0.1, 0.15) is 0 Å². The molecule has 1 atom stereocenters. The quantitative estimate of drug-likeness (QED) is 0.761. The van der Waals surface area contributed by atoms with Crippen LogP contribution in [-0.2, 0) is 13.5 Å². The minimum atomic E-state index is -0.614. The third-order valence-corrected chi connectivity index (χ3v) is 3.21. The van der Waals surface area contributed by atoms with Gasteiger partial charge in [-0.2, -0.15) is 10.2 Å². The van der Waals surface area contributed by atoms with Crippen molar-refractivity contribution in [2.24, 2.45) is 7.05 Å². The maximum absolute atomic E-state index is 10.4. The van der Waals surface area contributed by atoms with Gasteiger partial charge in [0.05, 0.1) is 29.7 Å². The molecule has 0 radical (unpaired) electrons. The van der Waals surface area contributed by atoms with E-state index in [0.29, 0.717) is 6.42 Å². The Morgan fingerprint density at radius 3 is 2.95 bits per heavy atom. The zero-order chi connectivity index (χ0) is 13.4. The molecule has 1 N–H and O–H groups in total. The zero-order valence-corrected chi connectivity index (χ0v) is 10.9. The molecule has 6 heteroatoms. The number of aromatic nitrogens is 5. The Morgan fingerprint density at radius 1 is 1.37 bits per heavy atom. The van der Waals surface area contributed by atoms with Crippen molar-refractivity contribution in [3.05, 3.63) is 47.8 Å². The van der Waals surface area contributed by atoms with E-state index in [1.165, 1.54) is 0 Å². The van der Waals surface area contributed by atoms with Gasteiger partial charge in [0.2, 0.25) is 0 Å². The molecule has 0 spiro atoms. The van der Waals surface area contributed by atoms with Crippen LogP contribution in [0, 0.1) is 6.92 Å². The summed E-state index contributed by atoms with van der Waals surface area (Å²) in [5.74, 6) is 0. The van der Waals surface area contributed by atoms with Crippen molar-refractivity contribution in [2.75, 3.05) is 0 Å². The van der Waals surface area contributed by atoms with E-state index in [0.717, 1.165) is 22.5 Å². The van der Waals surface area contributed by atoms with Crippen LogP contribution in [0.1, 0.15) is 23.1 Å². The molecular formula is C13H15N5O. The van der Waals surface area contributed by atoms with Gasteiger partial charge in [-0.1, -0.05) is 0 Å². The van der Waals surface area contributed by atoms with E-state index in [-0.39, 0.29) is 0 Å². The van der Waals surface area contributed by atoms with Crippen LogP contribution in [0.4, 0.5) is 0 Å². The van der Waals surface area contributed by atoms with E-state index in [2.05, 4.69) is 15.2 Å². The maximum atomic E-state index is 10.4. The minimum Gasteiger partial charge on any atom is -0.388 e. The van der Waals surface area contributed by atoms with Gasteiger partial charge in [0.25, 0.3) is 0 Å². The zero-order valence-electron chi connectivity index (χ0n) is 10.9. The summed E-state index contributed by atoms with van der Waals surface area (Å²) in [5.41, 5.74) is 3.56. The SMILES string of the molecule is Cc1cc(CC(O)c2cnn3ccncc23)n(C)n1. The molecule has 0 aliphatic heterocycles. The number of hydrogen-bond acceptors (Lipinski definition) is 4. The van der Waals surface area contributed by atoms with Gasteiger partial charge in [0, 0.05) is 37.1 Å². The molecule has 98 valence electrons. The Kier molecular flexibility index (Phi) is 2.79. The first kappa shape index (κ1) is 11.9. The van der Waals surface area contributed by atoms with Crippen molar-refractivity contribution in [3.8, 4) is 0 Å². The predicted octanol–water partition coefficient (Wildman–Crippen LogP) is 1.05. The molecule has 0 fully saturated rings. The largest absolute Gasteiger partial charge is 0.388 e. The molecule has 0 amide bonds. The van der Waals surface area contributed by atoms with Crippen molar-refractivity contribution >= 4 is 5.52 Å². The molecule has 1 unspecified atom stereocenters. The van der Waals surface area contributed by atoms with Crippen LogP contribution in [0.2, 0.25) is 0 Å². The smallest absolute Gasteiger partial charge is 0.0903 e. The van der Waals surface area contributed by atoms with Gasteiger partial charge < -0.3 is 5.11 Å². The highest BCUT2D eigenvalue weighted by Gasteiger charge is 2.16. The van der Waals surface area contributed by atoms with Crippen LogP contribution in [-0.4, -0.2) is 29.5 Å². The fourth-order valence-corrected chi connectivity index (χ4v) is 2.27. The number of aryl methyl sites for hydroxylation is 2. The van der Waals surface area contributed by atoms with E-state index in [4.69, 9.17) is 0 Å². The molecule has 0 saturated carbocycles. The number of rotatable bonds is 3. The van der Waals surface area contributed by atoms with E-state index >= 15 is 0 Å². The van der Waals surface area contributed by atoms with Gasteiger partial charge in [-0.3, -0.25) is 9.67 Å². The maximum Gasteiger partial charge on any atom is 0.0903 e. The first-order chi connectivity index (χ1) is 9.15. The van der Waals surface area contributed by atoms with Gasteiger partial charge in [0.15, 0.2) is 0 Å². The molecule has 0 bridgehead atoms. The van der Waals surface area contributed by atoms with Crippen LogP contribution in [0.25, 0.3) is 5.52 Å². The summed E-state index contributed by atoms with van der Waals surface area (Å²) in [5, 5.41) is 18.9. The lowest BCUT2D eigenvalue weighted by atomic mass is 10.1. The van der Waals surface area contributed by atoms with Gasteiger partial charge in [-0.15, -0.1) is 0 Å². The average molecular weight is 257 g/mol. The number of aliphatic hydroxyl groups is 1. The van der Waals surface area contributed by atoms with Gasteiger partial charge in [-0.05, 0) is 13.0 Å². The Hall–Kier alpha value is -2.21. The van der Waals surface area contributed by atoms with Crippen molar-refractivity contribution in [3.63, 3.8) is 0 Å². The Balaban J connectivity index is 1.92. The Bertz CT molecular complexity index is 715. The average Bonchev–Trinajstić information content (AvgIpc) is 2.93. The Labute approximate surface area is 110 Å². The molecule has 3 aromatic rings. The molecule has 6 nitrogen and oxygen atoms in total.